The van der Waals surface area contributed by atoms with E-state index in [2.05, 4.69) is 35.4 Å². The van der Waals surface area contributed by atoms with Gasteiger partial charge in [0.25, 0.3) is 0 Å². The fraction of sp³-hybridized carbons (Fsp3) is 0.786. The van der Waals surface area contributed by atoms with Gasteiger partial charge in [0.15, 0.2) is 0 Å². The highest BCUT2D eigenvalue weighted by Crippen LogP contribution is 1.93. The van der Waals surface area contributed by atoms with Gasteiger partial charge in [-0.25, -0.2) is 0 Å². The minimum atomic E-state index is -4.16. The maximum atomic E-state index is 11.3. The lowest BCUT2D eigenvalue weighted by atomic mass is 10.2. The van der Waals surface area contributed by atoms with Gasteiger partial charge < -0.3 is 10.2 Å². The average Bonchev–Trinajstić information content (AvgIpc) is 2.43. The molecule has 0 aliphatic heterocycles. The number of hydrogen-bond donors (Lipinski definition) is 2. The normalized spacial score (nSPS) is 11.4. The molecule has 0 radical (unpaired) electrons. The lowest BCUT2D eigenvalue weighted by Crippen LogP contribution is -2.22. The van der Waals surface area contributed by atoms with Gasteiger partial charge in [-0.2, -0.15) is 8.42 Å². The van der Waals surface area contributed by atoms with E-state index >= 15 is 0 Å². The number of rotatable bonds is 10. The number of hydrogen-bond acceptors (Lipinski definition) is 5. The molecule has 2 N–H and O–H groups in total. The molecule has 7 nitrogen and oxygen atoms in total. The third-order valence-electron chi connectivity index (χ3n) is 2.54. The molecule has 0 rings (SSSR count). The molecule has 0 aromatic carbocycles. The third kappa shape index (κ3) is 24.1. The van der Waals surface area contributed by atoms with Gasteiger partial charge in [-0.3, -0.25) is 13.5 Å². The van der Waals surface area contributed by atoms with Crippen molar-refractivity contribution in [3.63, 3.8) is 0 Å². The van der Waals surface area contributed by atoms with E-state index in [1.165, 1.54) is 12.8 Å². The lowest BCUT2D eigenvalue weighted by Gasteiger charge is -2.06. The summed E-state index contributed by atoms with van der Waals surface area (Å²) in [6.07, 6.45) is 9.15. The van der Waals surface area contributed by atoms with Gasteiger partial charge in [0.2, 0.25) is 5.91 Å². The SMILES string of the molecule is CCCCCNC(=O)C=CCCCN(C)C.COS(=O)(=O)O. The van der Waals surface area contributed by atoms with E-state index in [4.69, 9.17) is 4.55 Å². The molecular weight excluding hydrogens is 308 g/mol. The molecule has 0 aromatic heterocycles. The van der Waals surface area contributed by atoms with E-state index in [0.29, 0.717) is 0 Å². The van der Waals surface area contributed by atoms with Crippen molar-refractivity contribution in [3.05, 3.63) is 12.2 Å². The first kappa shape index (κ1) is 23.3. The first-order valence-electron chi connectivity index (χ1n) is 7.35. The first-order chi connectivity index (χ1) is 10.2. The Morgan fingerprint density at radius 1 is 1.27 bits per heavy atom. The largest absolute Gasteiger partial charge is 0.397 e. The van der Waals surface area contributed by atoms with Crippen LogP contribution in [0.2, 0.25) is 0 Å². The zero-order chi connectivity index (χ0) is 17.4. The molecule has 0 aliphatic carbocycles. The van der Waals surface area contributed by atoms with E-state index in [-0.39, 0.29) is 5.91 Å². The Balaban J connectivity index is 0. The number of nitrogens with one attached hydrogen (secondary N) is 1. The van der Waals surface area contributed by atoms with Crippen molar-refractivity contribution in [2.45, 2.75) is 39.0 Å². The van der Waals surface area contributed by atoms with Gasteiger partial charge in [0.05, 0.1) is 7.11 Å². The molecular formula is C14H30N2O5S. The third-order valence-corrected chi connectivity index (χ3v) is 2.96. The van der Waals surface area contributed by atoms with Crippen LogP contribution >= 0.6 is 0 Å². The summed E-state index contributed by atoms with van der Waals surface area (Å²) in [5, 5.41) is 2.88. The molecule has 0 atom stereocenters. The van der Waals surface area contributed by atoms with E-state index in [9.17, 15) is 13.2 Å². The topological polar surface area (TPSA) is 95.9 Å². The highest BCUT2D eigenvalue weighted by molar-refractivity contribution is 7.80. The number of amides is 1. The van der Waals surface area contributed by atoms with Crippen molar-refractivity contribution < 1.29 is 21.9 Å². The molecule has 8 heteroatoms. The molecule has 0 saturated carbocycles. The maximum Gasteiger partial charge on any atom is 0.397 e. The van der Waals surface area contributed by atoms with Crippen molar-refractivity contribution in [3.8, 4) is 0 Å². The predicted molar refractivity (Wildman–Crippen MR) is 88.0 cm³/mol. The predicted octanol–water partition coefficient (Wildman–Crippen LogP) is 1.63. The Morgan fingerprint density at radius 3 is 2.32 bits per heavy atom. The monoisotopic (exact) mass is 338 g/mol. The molecule has 1 amide bonds. The van der Waals surface area contributed by atoms with Gasteiger partial charge in [0, 0.05) is 6.54 Å². The Labute approximate surface area is 134 Å². The summed E-state index contributed by atoms with van der Waals surface area (Å²) >= 11 is 0. The zero-order valence-electron chi connectivity index (χ0n) is 14.0. The highest BCUT2D eigenvalue weighted by atomic mass is 32.3. The Kier molecular flexibility index (Phi) is 15.8. The fourth-order valence-corrected chi connectivity index (χ4v) is 1.36. The zero-order valence-corrected chi connectivity index (χ0v) is 14.9. The van der Waals surface area contributed by atoms with E-state index in [1.807, 2.05) is 6.08 Å². The second kappa shape index (κ2) is 15.0. The Morgan fingerprint density at radius 2 is 1.86 bits per heavy atom. The Hall–Kier alpha value is -0.960. The number of carbonyl (C=O) groups is 1. The molecule has 0 unspecified atom stereocenters. The van der Waals surface area contributed by atoms with Crippen LogP contribution < -0.4 is 5.32 Å². The standard InChI is InChI=1S/C13H26N2O.CH4O4S/c1-4-5-8-11-14-13(16)10-7-6-9-12-15(2)3;1-5-6(2,3)4/h7,10H,4-6,8-9,11-12H2,1-3H3,(H,14,16);1H3,(H,2,3,4). The molecule has 0 fully saturated rings. The van der Waals surface area contributed by atoms with Crippen molar-refractivity contribution in [1.82, 2.24) is 10.2 Å². The summed E-state index contributed by atoms with van der Waals surface area (Å²) in [5.41, 5.74) is 0. The summed E-state index contributed by atoms with van der Waals surface area (Å²) < 4.78 is 29.7. The smallest absolute Gasteiger partial charge is 0.353 e. The van der Waals surface area contributed by atoms with Crippen molar-refractivity contribution in [1.29, 1.82) is 0 Å². The number of allylic oxidation sites excluding steroid dienone is 1. The molecule has 132 valence electrons. The molecule has 22 heavy (non-hydrogen) atoms. The first-order valence-corrected chi connectivity index (χ1v) is 8.71. The van der Waals surface area contributed by atoms with Crippen molar-refractivity contribution in [2.24, 2.45) is 0 Å². The summed E-state index contributed by atoms with van der Waals surface area (Å²) in [5.74, 6) is 0.0426. The van der Waals surface area contributed by atoms with Crippen LogP contribution in [0.1, 0.15) is 39.0 Å². The van der Waals surface area contributed by atoms with E-state index < -0.39 is 10.4 Å². The molecule has 0 bridgehead atoms. The van der Waals surface area contributed by atoms with Crippen molar-refractivity contribution in [2.75, 3.05) is 34.3 Å². The van der Waals surface area contributed by atoms with E-state index in [0.717, 1.165) is 39.5 Å². The number of nitrogens with zero attached hydrogens (tertiary/aromatic N) is 1. The van der Waals surface area contributed by atoms with Crippen LogP contribution in [0.4, 0.5) is 0 Å². The fourth-order valence-electron chi connectivity index (χ4n) is 1.36. The lowest BCUT2D eigenvalue weighted by molar-refractivity contribution is -0.116. The summed E-state index contributed by atoms with van der Waals surface area (Å²) in [6, 6.07) is 0. The van der Waals surface area contributed by atoms with E-state index in [1.54, 1.807) is 6.08 Å². The van der Waals surface area contributed by atoms with Gasteiger partial charge in [-0.15, -0.1) is 0 Å². The van der Waals surface area contributed by atoms with Gasteiger partial charge in [-0.1, -0.05) is 25.8 Å². The molecule has 0 heterocycles. The van der Waals surface area contributed by atoms with Crippen LogP contribution in [0.5, 0.6) is 0 Å². The Bertz CT molecular complexity index is 394. The number of carbonyl (C=O) groups excluding carboxylic acids is 1. The van der Waals surface area contributed by atoms with Gasteiger partial charge in [-0.05, 0) is 46.0 Å². The molecule has 0 aliphatic rings. The number of unbranched alkanes of at least 4 members (excludes halogenated alkanes) is 3. The summed E-state index contributed by atoms with van der Waals surface area (Å²) in [4.78, 5) is 13.4. The van der Waals surface area contributed by atoms with Crippen LogP contribution in [0.25, 0.3) is 0 Å². The maximum absolute atomic E-state index is 11.3. The average molecular weight is 338 g/mol. The van der Waals surface area contributed by atoms with Crippen LogP contribution in [0, 0.1) is 0 Å². The highest BCUT2D eigenvalue weighted by Gasteiger charge is 1.94. The second-order valence-corrected chi connectivity index (χ2v) is 6.13. The van der Waals surface area contributed by atoms with Crippen LogP contribution in [-0.4, -0.2) is 58.1 Å². The van der Waals surface area contributed by atoms with Crippen LogP contribution in [0.3, 0.4) is 0 Å². The van der Waals surface area contributed by atoms with Crippen molar-refractivity contribution >= 4 is 16.3 Å². The minimum Gasteiger partial charge on any atom is -0.353 e. The molecule has 0 aromatic rings. The van der Waals surface area contributed by atoms with Gasteiger partial charge in [0.1, 0.15) is 0 Å². The quantitative estimate of drug-likeness (QED) is 0.357. The summed E-state index contributed by atoms with van der Waals surface area (Å²) in [7, 11) is 0.828. The molecule has 0 spiro atoms. The van der Waals surface area contributed by atoms with Crippen LogP contribution in [-0.2, 0) is 19.4 Å². The molecule has 0 saturated heterocycles. The minimum absolute atomic E-state index is 0.0426. The van der Waals surface area contributed by atoms with Crippen LogP contribution in [0.15, 0.2) is 12.2 Å². The second-order valence-electron chi connectivity index (χ2n) is 4.94. The summed E-state index contributed by atoms with van der Waals surface area (Å²) in [6.45, 7) is 4.03. The van der Waals surface area contributed by atoms with Gasteiger partial charge >= 0.3 is 10.4 Å².